The number of para-hydroxylation sites is 1. The molecule has 0 bridgehead atoms. The number of carbonyl (C=O) groups is 1. The number of hydrogen-bond acceptors (Lipinski definition) is 4. The van der Waals surface area contributed by atoms with Crippen LogP contribution in [0.1, 0.15) is 10.4 Å². The zero-order chi connectivity index (χ0) is 21.8. The Labute approximate surface area is 178 Å². The van der Waals surface area contributed by atoms with Crippen molar-refractivity contribution >= 4 is 11.6 Å². The van der Waals surface area contributed by atoms with Crippen LogP contribution in [0.2, 0.25) is 0 Å². The molecule has 31 heavy (non-hydrogen) atoms. The normalized spacial score (nSPS) is 10.5. The Morgan fingerprint density at radius 3 is 2.39 bits per heavy atom. The second-order valence-electron chi connectivity index (χ2n) is 6.70. The zero-order valence-corrected chi connectivity index (χ0v) is 17.0. The van der Waals surface area contributed by atoms with Crippen molar-refractivity contribution in [1.82, 2.24) is 9.78 Å². The van der Waals surface area contributed by atoms with Crippen molar-refractivity contribution in [2.24, 2.45) is 0 Å². The Morgan fingerprint density at radius 1 is 0.968 bits per heavy atom. The molecule has 0 fully saturated rings. The molecule has 6 nitrogen and oxygen atoms in total. The molecule has 0 saturated carbocycles. The standard InChI is InChI=1S/C24H20FN3O3/c1-30-19-12-13-22(31-2)20(14-19)23-21(15-28(27-23)18-6-4-3-5-7-18)24(29)26-17-10-8-16(25)9-11-17/h3-15H,1-2H3,(H,26,29). The second kappa shape index (κ2) is 8.71. The summed E-state index contributed by atoms with van der Waals surface area (Å²) in [5, 5.41) is 7.47. The molecule has 0 unspecified atom stereocenters. The average Bonchev–Trinajstić information content (AvgIpc) is 3.26. The Bertz CT molecular complexity index is 1200. The number of halogens is 1. The van der Waals surface area contributed by atoms with Crippen molar-refractivity contribution in [2.45, 2.75) is 0 Å². The van der Waals surface area contributed by atoms with E-state index in [0.29, 0.717) is 34.0 Å². The van der Waals surface area contributed by atoms with Crippen molar-refractivity contribution in [3.8, 4) is 28.4 Å². The molecule has 0 saturated heterocycles. The summed E-state index contributed by atoms with van der Waals surface area (Å²) in [4.78, 5) is 13.2. The third kappa shape index (κ3) is 4.25. The highest BCUT2D eigenvalue weighted by Gasteiger charge is 2.22. The van der Waals surface area contributed by atoms with Gasteiger partial charge in [-0.25, -0.2) is 9.07 Å². The number of nitrogens with one attached hydrogen (secondary N) is 1. The molecule has 0 aliphatic heterocycles. The fourth-order valence-electron chi connectivity index (χ4n) is 3.18. The van der Waals surface area contributed by atoms with Gasteiger partial charge in [0, 0.05) is 17.4 Å². The minimum atomic E-state index is -0.381. The maximum absolute atomic E-state index is 13.2. The van der Waals surface area contributed by atoms with Gasteiger partial charge in [0.25, 0.3) is 5.91 Å². The molecule has 0 radical (unpaired) electrons. The summed E-state index contributed by atoms with van der Waals surface area (Å²) in [5.41, 5.74) is 2.65. The van der Waals surface area contributed by atoms with Crippen molar-refractivity contribution in [2.75, 3.05) is 19.5 Å². The number of aromatic nitrogens is 2. The van der Waals surface area contributed by atoms with E-state index >= 15 is 0 Å². The largest absolute Gasteiger partial charge is 0.497 e. The van der Waals surface area contributed by atoms with Crippen LogP contribution < -0.4 is 14.8 Å². The zero-order valence-electron chi connectivity index (χ0n) is 17.0. The number of ether oxygens (including phenoxy) is 2. The number of methoxy groups -OCH3 is 2. The van der Waals surface area contributed by atoms with Crippen molar-refractivity contribution < 1.29 is 18.7 Å². The topological polar surface area (TPSA) is 65.4 Å². The SMILES string of the molecule is COc1ccc(OC)c(-c2nn(-c3ccccc3)cc2C(=O)Nc2ccc(F)cc2)c1. The quantitative estimate of drug-likeness (QED) is 0.482. The number of hydrogen-bond donors (Lipinski definition) is 1. The second-order valence-corrected chi connectivity index (χ2v) is 6.70. The maximum Gasteiger partial charge on any atom is 0.259 e. The lowest BCUT2D eigenvalue weighted by molar-refractivity contribution is 0.102. The molecule has 4 rings (SSSR count). The van der Waals surface area contributed by atoms with Gasteiger partial charge in [0.2, 0.25) is 0 Å². The van der Waals surface area contributed by atoms with Crippen LogP contribution in [0.5, 0.6) is 11.5 Å². The smallest absolute Gasteiger partial charge is 0.259 e. The molecule has 4 aromatic rings. The number of rotatable bonds is 6. The Kier molecular flexibility index (Phi) is 5.66. The fourth-order valence-corrected chi connectivity index (χ4v) is 3.18. The molecule has 0 atom stereocenters. The van der Waals surface area contributed by atoms with Crippen LogP contribution in [0.4, 0.5) is 10.1 Å². The molecular formula is C24H20FN3O3. The lowest BCUT2D eigenvalue weighted by Crippen LogP contribution is -2.12. The van der Waals surface area contributed by atoms with Crippen LogP contribution in [0.15, 0.2) is 79.0 Å². The highest BCUT2D eigenvalue weighted by Crippen LogP contribution is 2.35. The first kappa shape index (κ1) is 20.2. The van der Waals surface area contributed by atoms with E-state index in [0.717, 1.165) is 5.69 Å². The van der Waals surface area contributed by atoms with Gasteiger partial charge in [0.05, 0.1) is 25.5 Å². The van der Waals surface area contributed by atoms with Crippen molar-refractivity contribution in [3.05, 3.63) is 90.4 Å². The van der Waals surface area contributed by atoms with E-state index in [4.69, 9.17) is 9.47 Å². The van der Waals surface area contributed by atoms with Gasteiger partial charge in [-0.15, -0.1) is 0 Å². The first-order valence-electron chi connectivity index (χ1n) is 9.53. The van der Waals surface area contributed by atoms with Crippen LogP contribution >= 0.6 is 0 Å². The molecule has 0 aliphatic carbocycles. The van der Waals surface area contributed by atoms with E-state index in [1.807, 2.05) is 30.3 Å². The number of carbonyl (C=O) groups excluding carboxylic acids is 1. The van der Waals surface area contributed by atoms with E-state index in [-0.39, 0.29) is 11.7 Å². The summed E-state index contributed by atoms with van der Waals surface area (Å²) >= 11 is 0. The minimum absolute atomic E-state index is 0.333. The summed E-state index contributed by atoms with van der Waals surface area (Å²) < 4.78 is 25.7. The molecule has 0 spiro atoms. The van der Waals surface area contributed by atoms with Crippen LogP contribution in [0.3, 0.4) is 0 Å². The average molecular weight is 417 g/mol. The van der Waals surface area contributed by atoms with Gasteiger partial charge < -0.3 is 14.8 Å². The molecule has 7 heteroatoms. The minimum Gasteiger partial charge on any atom is -0.497 e. The van der Waals surface area contributed by atoms with Gasteiger partial charge in [0.15, 0.2) is 0 Å². The third-order valence-corrected chi connectivity index (χ3v) is 4.74. The van der Waals surface area contributed by atoms with Gasteiger partial charge in [-0.2, -0.15) is 5.10 Å². The van der Waals surface area contributed by atoms with E-state index in [1.54, 1.807) is 43.3 Å². The van der Waals surface area contributed by atoms with Crippen LogP contribution in [-0.2, 0) is 0 Å². The van der Waals surface area contributed by atoms with Crippen molar-refractivity contribution in [3.63, 3.8) is 0 Å². The van der Waals surface area contributed by atoms with Crippen LogP contribution in [0.25, 0.3) is 16.9 Å². The summed E-state index contributed by atoms with van der Waals surface area (Å²) in [6.07, 6.45) is 1.66. The van der Waals surface area contributed by atoms with Gasteiger partial charge in [-0.1, -0.05) is 18.2 Å². The monoisotopic (exact) mass is 417 g/mol. The molecular weight excluding hydrogens is 397 g/mol. The molecule has 1 amide bonds. The van der Waals surface area contributed by atoms with Crippen molar-refractivity contribution in [1.29, 1.82) is 0 Å². The highest BCUT2D eigenvalue weighted by atomic mass is 19.1. The Hall–Kier alpha value is -4.13. The highest BCUT2D eigenvalue weighted by molar-refractivity contribution is 6.08. The predicted octanol–water partition coefficient (Wildman–Crippen LogP) is 4.95. The lowest BCUT2D eigenvalue weighted by atomic mass is 10.1. The van der Waals surface area contributed by atoms with Gasteiger partial charge >= 0.3 is 0 Å². The predicted molar refractivity (Wildman–Crippen MR) is 116 cm³/mol. The Morgan fingerprint density at radius 2 is 1.71 bits per heavy atom. The molecule has 156 valence electrons. The number of benzene rings is 3. The summed E-state index contributed by atoms with van der Waals surface area (Å²) in [6.45, 7) is 0. The van der Waals surface area contributed by atoms with Crippen LogP contribution in [-0.4, -0.2) is 29.9 Å². The van der Waals surface area contributed by atoms with Crippen LogP contribution in [0, 0.1) is 5.82 Å². The van der Waals surface area contributed by atoms with E-state index in [9.17, 15) is 9.18 Å². The van der Waals surface area contributed by atoms with Gasteiger partial charge in [0.1, 0.15) is 23.0 Å². The van der Waals surface area contributed by atoms with E-state index < -0.39 is 0 Å². The number of amides is 1. The van der Waals surface area contributed by atoms with Gasteiger partial charge in [-0.3, -0.25) is 4.79 Å². The molecule has 1 aromatic heterocycles. The molecule has 1 heterocycles. The fraction of sp³-hybridized carbons (Fsp3) is 0.0833. The van der Waals surface area contributed by atoms with E-state index in [2.05, 4.69) is 10.4 Å². The number of anilines is 1. The third-order valence-electron chi connectivity index (χ3n) is 4.74. The summed E-state index contributed by atoms with van der Waals surface area (Å²) in [5.74, 6) is 0.398. The first-order valence-corrected chi connectivity index (χ1v) is 9.53. The molecule has 0 aliphatic rings. The molecule has 3 aromatic carbocycles. The first-order chi connectivity index (χ1) is 15.1. The molecule has 1 N–H and O–H groups in total. The lowest BCUT2D eigenvalue weighted by Gasteiger charge is -2.10. The maximum atomic E-state index is 13.2. The summed E-state index contributed by atoms with van der Waals surface area (Å²) in [6, 6.07) is 20.3. The Balaban J connectivity index is 1.83. The summed E-state index contributed by atoms with van der Waals surface area (Å²) in [7, 11) is 3.12. The van der Waals surface area contributed by atoms with E-state index in [1.165, 1.54) is 24.3 Å². The number of nitrogens with zero attached hydrogens (tertiary/aromatic N) is 2. The van der Waals surface area contributed by atoms with Gasteiger partial charge in [-0.05, 0) is 54.6 Å².